The molecule has 2 rings (SSSR count). The molecule has 2 nitrogen and oxygen atoms in total. The number of likely N-dealkylation sites (tertiary alicyclic amines) is 1. The van der Waals surface area contributed by atoms with Gasteiger partial charge in [0.25, 0.3) is 0 Å². The Morgan fingerprint density at radius 2 is 2.00 bits per heavy atom. The molecule has 1 unspecified atom stereocenters. The summed E-state index contributed by atoms with van der Waals surface area (Å²) in [7, 11) is 2.13. The van der Waals surface area contributed by atoms with Crippen LogP contribution < -0.4 is 5.32 Å². The molecule has 1 aliphatic rings. The first-order valence-electron chi connectivity index (χ1n) is 6.93. The van der Waals surface area contributed by atoms with Crippen molar-refractivity contribution < 1.29 is 8.78 Å². The highest BCUT2D eigenvalue weighted by molar-refractivity contribution is 5.21. The third-order valence-corrected chi connectivity index (χ3v) is 3.98. The summed E-state index contributed by atoms with van der Waals surface area (Å²) in [5.41, 5.74) is 0.410. The molecule has 1 aromatic rings. The Morgan fingerprint density at radius 1 is 1.32 bits per heavy atom. The fourth-order valence-electron chi connectivity index (χ4n) is 2.57. The fourth-order valence-corrected chi connectivity index (χ4v) is 2.57. The Kier molecular flexibility index (Phi) is 4.88. The second kappa shape index (κ2) is 6.44. The van der Waals surface area contributed by atoms with Crippen molar-refractivity contribution in [1.29, 1.82) is 0 Å². The van der Waals surface area contributed by atoms with E-state index in [1.165, 1.54) is 25.0 Å². The zero-order chi connectivity index (χ0) is 13.8. The zero-order valence-corrected chi connectivity index (χ0v) is 11.6. The molecule has 0 amide bonds. The van der Waals surface area contributed by atoms with Crippen molar-refractivity contribution in [2.24, 2.45) is 5.92 Å². The van der Waals surface area contributed by atoms with Crippen molar-refractivity contribution in [2.75, 3.05) is 26.7 Å². The molecule has 1 fully saturated rings. The van der Waals surface area contributed by atoms with Crippen LogP contribution in [0, 0.1) is 17.6 Å². The van der Waals surface area contributed by atoms with Crippen molar-refractivity contribution in [3.63, 3.8) is 0 Å². The van der Waals surface area contributed by atoms with Gasteiger partial charge in [-0.2, -0.15) is 0 Å². The molecule has 0 aliphatic carbocycles. The standard InChI is InChI=1S/C15H22F2N2/c1-11(14-9-13(16)3-4-15(14)17)18-10-12-5-7-19(2)8-6-12/h3-4,9,11-12,18H,5-8,10H2,1-2H3. The Balaban J connectivity index is 1.87. The molecule has 0 spiro atoms. The summed E-state index contributed by atoms with van der Waals surface area (Å²) in [4.78, 5) is 2.33. The van der Waals surface area contributed by atoms with E-state index in [9.17, 15) is 8.78 Å². The first-order chi connectivity index (χ1) is 9.06. The summed E-state index contributed by atoms with van der Waals surface area (Å²) in [6.07, 6.45) is 2.34. The number of rotatable bonds is 4. The van der Waals surface area contributed by atoms with Gasteiger partial charge in [0, 0.05) is 11.6 Å². The number of benzene rings is 1. The van der Waals surface area contributed by atoms with Crippen molar-refractivity contribution in [2.45, 2.75) is 25.8 Å². The number of hydrogen-bond donors (Lipinski definition) is 1. The van der Waals surface area contributed by atoms with Gasteiger partial charge in [-0.25, -0.2) is 8.78 Å². The SMILES string of the molecule is CC(NCC1CCN(C)CC1)c1cc(F)ccc1F. The van der Waals surface area contributed by atoms with Gasteiger partial charge < -0.3 is 10.2 Å². The highest BCUT2D eigenvalue weighted by Gasteiger charge is 2.18. The van der Waals surface area contributed by atoms with E-state index in [4.69, 9.17) is 0 Å². The first-order valence-corrected chi connectivity index (χ1v) is 6.93. The number of nitrogens with one attached hydrogen (secondary N) is 1. The maximum Gasteiger partial charge on any atom is 0.128 e. The van der Waals surface area contributed by atoms with Crippen LogP contribution in [0.2, 0.25) is 0 Å². The monoisotopic (exact) mass is 268 g/mol. The van der Waals surface area contributed by atoms with Crippen LogP contribution in [0.3, 0.4) is 0 Å². The maximum absolute atomic E-state index is 13.6. The lowest BCUT2D eigenvalue weighted by molar-refractivity contribution is 0.213. The minimum absolute atomic E-state index is 0.157. The Labute approximate surface area is 113 Å². The average molecular weight is 268 g/mol. The van der Waals surface area contributed by atoms with Gasteiger partial charge >= 0.3 is 0 Å². The molecule has 0 bridgehead atoms. The van der Waals surface area contributed by atoms with Gasteiger partial charge in [-0.1, -0.05) is 0 Å². The van der Waals surface area contributed by atoms with E-state index in [0.29, 0.717) is 11.5 Å². The number of hydrogen-bond acceptors (Lipinski definition) is 2. The molecule has 0 aromatic heterocycles. The molecule has 1 aliphatic heterocycles. The smallest absolute Gasteiger partial charge is 0.128 e. The average Bonchev–Trinajstić information content (AvgIpc) is 2.40. The quantitative estimate of drug-likeness (QED) is 0.903. The Morgan fingerprint density at radius 3 is 2.68 bits per heavy atom. The van der Waals surface area contributed by atoms with Crippen LogP contribution in [-0.2, 0) is 0 Å². The number of halogens is 2. The molecule has 1 heterocycles. The molecule has 0 saturated carbocycles. The highest BCUT2D eigenvalue weighted by atomic mass is 19.1. The lowest BCUT2D eigenvalue weighted by Gasteiger charge is -2.30. The third kappa shape index (κ3) is 3.98. The van der Waals surface area contributed by atoms with E-state index in [-0.39, 0.29) is 17.7 Å². The highest BCUT2D eigenvalue weighted by Crippen LogP contribution is 2.20. The van der Waals surface area contributed by atoms with Gasteiger partial charge in [0.1, 0.15) is 11.6 Å². The topological polar surface area (TPSA) is 15.3 Å². The summed E-state index contributed by atoms with van der Waals surface area (Å²) in [6, 6.07) is 3.47. The van der Waals surface area contributed by atoms with Crippen LogP contribution in [-0.4, -0.2) is 31.6 Å². The van der Waals surface area contributed by atoms with Crippen molar-refractivity contribution >= 4 is 0 Å². The van der Waals surface area contributed by atoms with E-state index in [0.717, 1.165) is 25.7 Å². The van der Waals surface area contributed by atoms with Crippen molar-refractivity contribution in [3.05, 3.63) is 35.4 Å². The number of piperidine rings is 1. The van der Waals surface area contributed by atoms with Crippen LogP contribution in [0.5, 0.6) is 0 Å². The molecule has 1 N–H and O–H groups in total. The molecular weight excluding hydrogens is 246 g/mol. The van der Waals surface area contributed by atoms with Crippen LogP contribution >= 0.6 is 0 Å². The molecule has 1 atom stereocenters. The van der Waals surface area contributed by atoms with Crippen LogP contribution in [0.4, 0.5) is 8.78 Å². The fraction of sp³-hybridized carbons (Fsp3) is 0.600. The second-order valence-electron chi connectivity index (χ2n) is 5.54. The van der Waals surface area contributed by atoms with Gasteiger partial charge in [0.15, 0.2) is 0 Å². The zero-order valence-electron chi connectivity index (χ0n) is 11.6. The predicted molar refractivity (Wildman–Crippen MR) is 73.0 cm³/mol. The van der Waals surface area contributed by atoms with Crippen LogP contribution in [0.25, 0.3) is 0 Å². The van der Waals surface area contributed by atoms with E-state index in [2.05, 4.69) is 17.3 Å². The van der Waals surface area contributed by atoms with Gasteiger partial charge in [-0.15, -0.1) is 0 Å². The molecule has 106 valence electrons. The third-order valence-electron chi connectivity index (χ3n) is 3.98. The molecule has 0 radical (unpaired) electrons. The maximum atomic E-state index is 13.6. The van der Waals surface area contributed by atoms with E-state index >= 15 is 0 Å². The molecule has 19 heavy (non-hydrogen) atoms. The minimum atomic E-state index is -0.385. The largest absolute Gasteiger partial charge is 0.310 e. The van der Waals surface area contributed by atoms with Crippen LogP contribution in [0.15, 0.2) is 18.2 Å². The van der Waals surface area contributed by atoms with Gasteiger partial charge in [0.2, 0.25) is 0 Å². The van der Waals surface area contributed by atoms with E-state index < -0.39 is 0 Å². The summed E-state index contributed by atoms with van der Waals surface area (Å²) in [6.45, 7) is 4.99. The molecule has 4 heteroatoms. The van der Waals surface area contributed by atoms with Gasteiger partial charge in [-0.05, 0) is 70.6 Å². The Hall–Kier alpha value is -1.00. The molecule has 1 aromatic carbocycles. The van der Waals surface area contributed by atoms with Gasteiger partial charge in [0.05, 0.1) is 0 Å². The van der Waals surface area contributed by atoms with Crippen molar-refractivity contribution in [1.82, 2.24) is 10.2 Å². The van der Waals surface area contributed by atoms with Crippen molar-refractivity contribution in [3.8, 4) is 0 Å². The lowest BCUT2D eigenvalue weighted by atomic mass is 9.96. The van der Waals surface area contributed by atoms with Gasteiger partial charge in [-0.3, -0.25) is 0 Å². The summed E-state index contributed by atoms with van der Waals surface area (Å²) >= 11 is 0. The molecule has 1 saturated heterocycles. The Bertz CT molecular complexity index is 415. The number of nitrogens with zero attached hydrogens (tertiary/aromatic N) is 1. The first kappa shape index (κ1) is 14.4. The molecular formula is C15H22F2N2. The summed E-state index contributed by atoms with van der Waals surface area (Å²) < 4.78 is 26.8. The normalized spacial score (nSPS) is 19.6. The van der Waals surface area contributed by atoms with E-state index in [1.807, 2.05) is 6.92 Å². The second-order valence-corrected chi connectivity index (χ2v) is 5.54. The predicted octanol–water partition coefficient (Wildman–Crippen LogP) is 2.96. The van der Waals surface area contributed by atoms with E-state index in [1.54, 1.807) is 0 Å². The summed E-state index contributed by atoms with van der Waals surface area (Å²) in [5.74, 6) is -0.0932. The lowest BCUT2D eigenvalue weighted by Crippen LogP contribution is -2.35. The summed E-state index contributed by atoms with van der Waals surface area (Å²) in [5, 5.41) is 3.33. The van der Waals surface area contributed by atoms with Crippen LogP contribution in [0.1, 0.15) is 31.4 Å². The minimum Gasteiger partial charge on any atom is -0.310 e.